The van der Waals surface area contributed by atoms with Gasteiger partial charge in [-0.05, 0) is 18.9 Å². The number of hydrogen-bond acceptors (Lipinski definition) is 4. The summed E-state index contributed by atoms with van der Waals surface area (Å²) in [6.45, 7) is 1.11. The largest absolute Gasteiger partial charge is 0.481 e. The third-order valence-corrected chi connectivity index (χ3v) is 3.73. The smallest absolute Gasteiger partial charge is 0.213 e. The number of nitrogens with zero attached hydrogens (tertiary/aromatic N) is 1. The van der Waals surface area contributed by atoms with Gasteiger partial charge in [-0.25, -0.2) is 4.98 Å². The van der Waals surface area contributed by atoms with Crippen LogP contribution in [0.3, 0.4) is 0 Å². The van der Waals surface area contributed by atoms with Crippen LogP contribution >= 0.6 is 0 Å². The van der Waals surface area contributed by atoms with Gasteiger partial charge < -0.3 is 15.2 Å². The molecule has 1 fully saturated rings. The highest BCUT2D eigenvalue weighted by Crippen LogP contribution is 2.25. The second-order valence-corrected chi connectivity index (χ2v) is 5.44. The van der Waals surface area contributed by atoms with Crippen LogP contribution in [0.25, 0.3) is 0 Å². The lowest BCUT2D eigenvalue weighted by Gasteiger charge is -2.27. The Morgan fingerprint density at radius 1 is 1.21 bits per heavy atom. The summed E-state index contributed by atoms with van der Waals surface area (Å²) in [6.07, 6.45) is 7.18. The molecule has 0 unspecified atom stereocenters. The van der Waals surface area contributed by atoms with E-state index in [0.717, 1.165) is 18.5 Å². The third kappa shape index (κ3) is 4.48. The van der Waals surface area contributed by atoms with Gasteiger partial charge in [-0.2, -0.15) is 0 Å². The van der Waals surface area contributed by atoms with Gasteiger partial charge in [0.25, 0.3) is 0 Å². The fraction of sp³-hybridized carbons (Fsp3) is 0.667. The van der Waals surface area contributed by atoms with E-state index in [9.17, 15) is 0 Å². The van der Waals surface area contributed by atoms with Gasteiger partial charge in [0.15, 0.2) is 0 Å². The Labute approximate surface area is 115 Å². The Hall–Kier alpha value is -1.13. The molecular formula is C15H24N2O2. The zero-order chi connectivity index (χ0) is 13.6. The Morgan fingerprint density at radius 3 is 2.63 bits per heavy atom. The minimum atomic E-state index is -0.143. The molecule has 2 rings (SSSR count). The van der Waals surface area contributed by atoms with E-state index in [0.29, 0.717) is 19.1 Å². The van der Waals surface area contributed by atoms with Gasteiger partial charge in [0.05, 0.1) is 26.0 Å². The number of nitrogens with two attached hydrogens (primary N) is 1. The van der Waals surface area contributed by atoms with Gasteiger partial charge in [-0.15, -0.1) is 0 Å². The minimum absolute atomic E-state index is 0.143. The number of hydrogen-bond donors (Lipinski definition) is 1. The number of rotatable bonds is 5. The predicted octanol–water partition coefficient (Wildman–Crippen LogP) is 2.66. The molecule has 1 aliphatic rings. The van der Waals surface area contributed by atoms with E-state index in [1.807, 2.05) is 18.2 Å². The first-order valence-corrected chi connectivity index (χ1v) is 7.08. The lowest BCUT2D eigenvalue weighted by molar-refractivity contribution is 0.0647. The van der Waals surface area contributed by atoms with Crippen LogP contribution in [-0.2, 0) is 11.3 Å². The van der Waals surface area contributed by atoms with Crippen molar-refractivity contribution in [2.24, 2.45) is 5.73 Å². The topological polar surface area (TPSA) is 57.4 Å². The number of aromatic nitrogens is 1. The summed E-state index contributed by atoms with van der Waals surface area (Å²) >= 11 is 0. The van der Waals surface area contributed by atoms with Crippen LogP contribution in [0.1, 0.15) is 44.2 Å². The first-order chi connectivity index (χ1) is 9.22. The van der Waals surface area contributed by atoms with E-state index in [4.69, 9.17) is 15.2 Å². The van der Waals surface area contributed by atoms with Gasteiger partial charge in [0.2, 0.25) is 5.88 Å². The van der Waals surface area contributed by atoms with Crippen molar-refractivity contribution in [2.75, 3.05) is 13.7 Å². The summed E-state index contributed by atoms with van der Waals surface area (Å²) in [5, 5.41) is 0. The molecule has 0 saturated heterocycles. The molecular weight excluding hydrogens is 240 g/mol. The molecule has 0 spiro atoms. The predicted molar refractivity (Wildman–Crippen MR) is 75.1 cm³/mol. The maximum Gasteiger partial charge on any atom is 0.213 e. The highest BCUT2D eigenvalue weighted by atomic mass is 16.5. The van der Waals surface area contributed by atoms with Crippen molar-refractivity contribution in [3.05, 3.63) is 23.9 Å². The fourth-order valence-electron chi connectivity index (χ4n) is 2.59. The summed E-state index contributed by atoms with van der Waals surface area (Å²) in [5.74, 6) is 0.623. The SMILES string of the molecule is COc1cccc(COCC2(N)CCCCCC2)n1. The molecule has 19 heavy (non-hydrogen) atoms. The molecule has 1 aromatic rings. The second kappa shape index (κ2) is 6.87. The number of pyridine rings is 1. The highest BCUT2D eigenvalue weighted by Gasteiger charge is 2.26. The Bertz CT molecular complexity index is 387. The average molecular weight is 264 g/mol. The van der Waals surface area contributed by atoms with Gasteiger partial charge in [-0.1, -0.05) is 31.7 Å². The molecule has 0 aromatic carbocycles. The van der Waals surface area contributed by atoms with Crippen LogP contribution in [0.5, 0.6) is 5.88 Å². The Balaban J connectivity index is 1.81. The molecule has 0 amide bonds. The van der Waals surface area contributed by atoms with Crippen molar-refractivity contribution >= 4 is 0 Å². The van der Waals surface area contributed by atoms with Crippen molar-refractivity contribution in [3.63, 3.8) is 0 Å². The quantitative estimate of drug-likeness (QED) is 0.831. The van der Waals surface area contributed by atoms with Gasteiger partial charge in [0.1, 0.15) is 0 Å². The van der Waals surface area contributed by atoms with Crippen molar-refractivity contribution in [1.82, 2.24) is 4.98 Å². The maximum atomic E-state index is 6.41. The minimum Gasteiger partial charge on any atom is -0.481 e. The standard InChI is InChI=1S/C15H24N2O2/c1-18-14-8-6-7-13(17-14)11-19-12-15(16)9-4-2-3-5-10-15/h6-8H,2-5,9-12,16H2,1H3. The van der Waals surface area contributed by atoms with Crippen LogP contribution in [0.4, 0.5) is 0 Å². The summed E-state index contributed by atoms with van der Waals surface area (Å²) in [4.78, 5) is 4.33. The highest BCUT2D eigenvalue weighted by molar-refractivity contribution is 5.15. The van der Waals surface area contributed by atoms with Crippen molar-refractivity contribution < 1.29 is 9.47 Å². The molecule has 0 atom stereocenters. The van der Waals surface area contributed by atoms with E-state index in [1.54, 1.807) is 7.11 Å². The molecule has 1 aliphatic carbocycles. The molecule has 4 heteroatoms. The third-order valence-electron chi connectivity index (χ3n) is 3.73. The maximum absolute atomic E-state index is 6.41. The van der Waals surface area contributed by atoms with Crippen molar-refractivity contribution in [2.45, 2.75) is 50.7 Å². The average Bonchev–Trinajstić information content (AvgIpc) is 2.64. The lowest BCUT2D eigenvalue weighted by Crippen LogP contribution is -2.43. The summed E-state index contributed by atoms with van der Waals surface area (Å²) < 4.78 is 10.9. The van der Waals surface area contributed by atoms with E-state index in [2.05, 4.69) is 4.98 Å². The first kappa shape index (κ1) is 14.3. The summed E-state index contributed by atoms with van der Waals surface area (Å²) in [5.41, 5.74) is 7.15. The first-order valence-electron chi connectivity index (χ1n) is 7.08. The van der Waals surface area contributed by atoms with Gasteiger partial charge >= 0.3 is 0 Å². The van der Waals surface area contributed by atoms with E-state index >= 15 is 0 Å². The van der Waals surface area contributed by atoms with E-state index < -0.39 is 0 Å². The second-order valence-electron chi connectivity index (χ2n) is 5.44. The molecule has 106 valence electrons. The van der Waals surface area contributed by atoms with Crippen LogP contribution < -0.4 is 10.5 Å². The van der Waals surface area contributed by atoms with Crippen molar-refractivity contribution in [1.29, 1.82) is 0 Å². The van der Waals surface area contributed by atoms with Crippen LogP contribution in [0.2, 0.25) is 0 Å². The van der Waals surface area contributed by atoms with Crippen molar-refractivity contribution in [3.8, 4) is 5.88 Å². The van der Waals surface area contributed by atoms with Crippen LogP contribution in [0.15, 0.2) is 18.2 Å². The van der Waals surface area contributed by atoms with E-state index in [-0.39, 0.29) is 5.54 Å². The zero-order valence-corrected chi connectivity index (χ0v) is 11.7. The number of ether oxygens (including phenoxy) is 2. The molecule has 1 heterocycles. The van der Waals surface area contributed by atoms with Gasteiger partial charge in [0, 0.05) is 11.6 Å². The van der Waals surface area contributed by atoms with E-state index in [1.165, 1.54) is 25.7 Å². The summed E-state index contributed by atoms with van der Waals surface area (Å²) in [6, 6.07) is 5.70. The molecule has 0 aliphatic heterocycles. The van der Waals surface area contributed by atoms with Crippen LogP contribution in [0, 0.1) is 0 Å². The zero-order valence-electron chi connectivity index (χ0n) is 11.7. The molecule has 1 saturated carbocycles. The van der Waals surface area contributed by atoms with Gasteiger partial charge in [-0.3, -0.25) is 0 Å². The number of methoxy groups -OCH3 is 1. The summed E-state index contributed by atoms with van der Waals surface area (Å²) in [7, 11) is 1.62. The molecule has 4 nitrogen and oxygen atoms in total. The normalized spacial score (nSPS) is 18.8. The molecule has 0 bridgehead atoms. The lowest BCUT2D eigenvalue weighted by atomic mass is 9.93. The molecule has 2 N–H and O–H groups in total. The van der Waals surface area contributed by atoms with Crippen LogP contribution in [-0.4, -0.2) is 24.2 Å². The Kier molecular flexibility index (Phi) is 5.16. The molecule has 1 aromatic heterocycles. The molecule has 0 radical (unpaired) electrons. The fourth-order valence-corrected chi connectivity index (χ4v) is 2.59. The Morgan fingerprint density at radius 2 is 1.95 bits per heavy atom. The monoisotopic (exact) mass is 264 g/mol.